The lowest BCUT2D eigenvalue weighted by molar-refractivity contribution is -0.388. The fourth-order valence-electron chi connectivity index (χ4n) is 4.39. The first-order valence-electron chi connectivity index (χ1n) is 12.6. The molecule has 3 fully saturated rings. The summed E-state index contributed by atoms with van der Waals surface area (Å²) < 4.78 is 32.0. The van der Waals surface area contributed by atoms with Crippen LogP contribution < -0.4 is 0 Å². The molecule has 40 heavy (non-hydrogen) atoms. The summed E-state index contributed by atoms with van der Waals surface area (Å²) in [6.45, 7) is 0.103. The molecular weight excluding hydrogens is 548 g/mol. The smallest absolute Gasteiger partial charge is 0.333 e. The SMILES string of the molecule is C/C=C(\C)C(=O)OCC1OC(OCC2OC(OC3(CO)OC(CO)C(O)C3O)C(O)C(O)C2O)C(O)C(O)C1O. The minimum Gasteiger partial charge on any atom is -0.459 e. The molecule has 0 aromatic heterocycles. The highest BCUT2D eigenvalue weighted by molar-refractivity contribution is 5.87. The molecule has 17 heteroatoms. The molecule has 3 rings (SSSR count). The molecule has 14 unspecified atom stereocenters. The van der Waals surface area contributed by atoms with Gasteiger partial charge >= 0.3 is 5.97 Å². The zero-order valence-electron chi connectivity index (χ0n) is 21.7. The molecule has 3 saturated heterocycles. The molecule has 17 nitrogen and oxygen atoms in total. The number of hydrogen-bond acceptors (Lipinski definition) is 17. The van der Waals surface area contributed by atoms with Gasteiger partial charge in [-0.1, -0.05) is 6.08 Å². The molecule has 3 heterocycles. The van der Waals surface area contributed by atoms with Crippen molar-refractivity contribution in [1.82, 2.24) is 0 Å². The average molecular weight is 587 g/mol. The average Bonchev–Trinajstić information content (AvgIpc) is 3.20. The minimum atomic E-state index is -2.38. The van der Waals surface area contributed by atoms with E-state index in [1.165, 1.54) is 13.0 Å². The van der Waals surface area contributed by atoms with E-state index in [-0.39, 0.29) is 5.57 Å². The number of aliphatic hydroxyl groups excluding tert-OH is 10. The number of esters is 1. The van der Waals surface area contributed by atoms with Crippen molar-refractivity contribution in [2.24, 2.45) is 0 Å². The molecule has 3 aliphatic rings. The Kier molecular flexibility index (Phi) is 11.4. The fraction of sp³-hybridized carbons (Fsp3) is 0.870. The van der Waals surface area contributed by atoms with Gasteiger partial charge in [-0.15, -0.1) is 0 Å². The summed E-state index contributed by atoms with van der Waals surface area (Å²) in [5.74, 6) is -3.09. The van der Waals surface area contributed by atoms with Crippen LogP contribution in [0.5, 0.6) is 0 Å². The van der Waals surface area contributed by atoms with Gasteiger partial charge in [-0.2, -0.15) is 0 Å². The minimum absolute atomic E-state index is 0.277. The van der Waals surface area contributed by atoms with Crippen LogP contribution in [0, 0.1) is 0 Å². The zero-order chi connectivity index (χ0) is 29.9. The van der Waals surface area contributed by atoms with Crippen LogP contribution in [-0.2, 0) is 33.2 Å². The van der Waals surface area contributed by atoms with E-state index < -0.39 is 118 Å². The molecule has 0 aromatic carbocycles. The fourth-order valence-corrected chi connectivity index (χ4v) is 4.39. The van der Waals surface area contributed by atoms with E-state index in [1.54, 1.807) is 6.92 Å². The van der Waals surface area contributed by atoms with Gasteiger partial charge in [0.25, 0.3) is 0 Å². The number of rotatable bonds is 10. The van der Waals surface area contributed by atoms with Gasteiger partial charge in [-0.25, -0.2) is 4.79 Å². The van der Waals surface area contributed by atoms with E-state index in [2.05, 4.69) is 0 Å². The second kappa shape index (κ2) is 13.7. The summed E-state index contributed by atoms with van der Waals surface area (Å²) >= 11 is 0. The van der Waals surface area contributed by atoms with Crippen LogP contribution in [0.15, 0.2) is 11.6 Å². The third-order valence-electron chi connectivity index (χ3n) is 7.12. The largest absolute Gasteiger partial charge is 0.459 e. The Balaban J connectivity index is 1.67. The summed E-state index contributed by atoms with van der Waals surface area (Å²) in [5.41, 5.74) is 0.277. The monoisotopic (exact) mass is 586 g/mol. The highest BCUT2D eigenvalue weighted by Crippen LogP contribution is 2.36. The van der Waals surface area contributed by atoms with Crippen LogP contribution in [0.25, 0.3) is 0 Å². The summed E-state index contributed by atoms with van der Waals surface area (Å²) in [5, 5.41) is 101. The third-order valence-corrected chi connectivity index (χ3v) is 7.12. The second-order valence-corrected chi connectivity index (χ2v) is 9.79. The van der Waals surface area contributed by atoms with Crippen LogP contribution in [0.4, 0.5) is 0 Å². The van der Waals surface area contributed by atoms with Gasteiger partial charge in [0.2, 0.25) is 5.79 Å². The first kappa shape index (κ1) is 33.1. The van der Waals surface area contributed by atoms with E-state index in [1.807, 2.05) is 0 Å². The number of carbonyl (C=O) groups excluding carboxylic acids is 1. The first-order chi connectivity index (χ1) is 18.8. The Bertz CT molecular complexity index is 872. The van der Waals surface area contributed by atoms with E-state index in [4.69, 9.17) is 28.4 Å². The lowest BCUT2D eigenvalue weighted by Crippen LogP contribution is -2.63. The number of ether oxygens (including phenoxy) is 6. The molecule has 0 radical (unpaired) electrons. The molecule has 232 valence electrons. The van der Waals surface area contributed by atoms with Crippen molar-refractivity contribution < 1.29 is 84.3 Å². The molecule has 0 amide bonds. The molecule has 10 N–H and O–H groups in total. The van der Waals surface area contributed by atoms with Gasteiger partial charge in [0, 0.05) is 5.57 Å². The molecule has 0 bridgehead atoms. The standard InChI is InChI=1S/C23H38O17/c1-3-8(2)20(34)35-5-10-12(26)15(29)17(31)21(37-10)36-6-11-13(27)16(30)18(32)22(38-11)40-23(7-25)19(33)14(28)9(4-24)39-23/h3,9-19,21-22,24-33H,4-7H2,1-2H3/b8-3+. The normalized spacial score (nSPS) is 46.4. The van der Waals surface area contributed by atoms with Crippen molar-refractivity contribution in [2.45, 2.75) is 99.4 Å². The summed E-state index contributed by atoms with van der Waals surface area (Å²) in [7, 11) is 0. The van der Waals surface area contributed by atoms with Crippen LogP contribution in [-0.4, -0.2) is 169 Å². The molecule has 0 spiro atoms. The molecule has 0 saturated carbocycles. The van der Waals surface area contributed by atoms with Crippen molar-refractivity contribution in [3.8, 4) is 0 Å². The van der Waals surface area contributed by atoms with E-state index >= 15 is 0 Å². The van der Waals surface area contributed by atoms with Gasteiger partial charge in [0.05, 0.1) is 13.2 Å². The Morgan fingerprint density at radius 1 is 0.775 bits per heavy atom. The molecule has 0 aromatic rings. The maximum absolute atomic E-state index is 11.9. The van der Waals surface area contributed by atoms with Crippen LogP contribution >= 0.6 is 0 Å². The van der Waals surface area contributed by atoms with E-state index in [0.29, 0.717) is 0 Å². The lowest BCUT2D eigenvalue weighted by atomic mass is 9.98. The maximum atomic E-state index is 11.9. The van der Waals surface area contributed by atoms with Crippen molar-refractivity contribution in [1.29, 1.82) is 0 Å². The highest BCUT2D eigenvalue weighted by Gasteiger charge is 2.58. The van der Waals surface area contributed by atoms with Gasteiger partial charge in [0.1, 0.15) is 80.4 Å². The van der Waals surface area contributed by atoms with Gasteiger partial charge in [-0.3, -0.25) is 0 Å². The van der Waals surface area contributed by atoms with Crippen molar-refractivity contribution in [3.63, 3.8) is 0 Å². The first-order valence-corrected chi connectivity index (χ1v) is 12.6. The quantitative estimate of drug-likeness (QED) is 0.0842. The van der Waals surface area contributed by atoms with Crippen molar-refractivity contribution in [3.05, 3.63) is 11.6 Å². The van der Waals surface area contributed by atoms with E-state index in [9.17, 15) is 55.9 Å². The Hall–Kier alpha value is -1.39. The Morgan fingerprint density at radius 2 is 1.32 bits per heavy atom. The summed E-state index contributed by atoms with van der Waals surface area (Å²) in [4.78, 5) is 11.9. The van der Waals surface area contributed by atoms with Gasteiger partial charge in [-0.05, 0) is 13.8 Å². The van der Waals surface area contributed by atoms with Crippen LogP contribution in [0.1, 0.15) is 13.8 Å². The highest BCUT2D eigenvalue weighted by atomic mass is 16.8. The number of aliphatic hydroxyl groups is 10. The molecule has 14 atom stereocenters. The topological polar surface area (TPSA) is 275 Å². The second-order valence-electron chi connectivity index (χ2n) is 9.79. The maximum Gasteiger partial charge on any atom is 0.333 e. The molecule has 3 aliphatic heterocycles. The third kappa shape index (κ3) is 6.64. The predicted octanol–water partition coefficient (Wildman–Crippen LogP) is -6.05. The molecular formula is C23H38O17. The van der Waals surface area contributed by atoms with Crippen molar-refractivity contribution >= 4 is 5.97 Å². The summed E-state index contributed by atoms with van der Waals surface area (Å²) in [6.07, 6.45) is -20.8. The summed E-state index contributed by atoms with van der Waals surface area (Å²) in [6, 6.07) is 0. The number of hydrogen-bond donors (Lipinski definition) is 10. The number of allylic oxidation sites excluding steroid dienone is 1. The lowest BCUT2D eigenvalue weighted by Gasteiger charge is -2.44. The van der Waals surface area contributed by atoms with Crippen LogP contribution in [0.3, 0.4) is 0 Å². The van der Waals surface area contributed by atoms with Gasteiger partial charge < -0.3 is 79.5 Å². The Morgan fingerprint density at radius 3 is 1.85 bits per heavy atom. The number of carbonyl (C=O) groups is 1. The van der Waals surface area contributed by atoms with E-state index in [0.717, 1.165) is 0 Å². The van der Waals surface area contributed by atoms with Crippen molar-refractivity contribution in [2.75, 3.05) is 26.4 Å². The molecule has 0 aliphatic carbocycles. The predicted molar refractivity (Wildman–Crippen MR) is 125 cm³/mol. The van der Waals surface area contributed by atoms with Crippen LogP contribution in [0.2, 0.25) is 0 Å². The zero-order valence-corrected chi connectivity index (χ0v) is 21.7. The Labute approximate surface area is 228 Å². The van der Waals surface area contributed by atoms with Gasteiger partial charge in [0.15, 0.2) is 12.6 Å².